The maximum Gasteiger partial charge on any atom is 0.191 e. The number of halogens is 1. The van der Waals surface area contributed by atoms with Gasteiger partial charge in [0, 0.05) is 32.2 Å². The number of guanidine groups is 1. The number of aliphatic imine (C=N–C) groups is 1. The molecule has 2 heterocycles. The maximum atomic E-state index is 5.67. The van der Waals surface area contributed by atoms with Gasteiger partial charge in [-0.1, -0.05) is 20.8 Å². The number of aromatic nitrogens is 3. The molecule has 2 rings (SSSR count). The van der Waals surface area contributed by atoms with Crippen LogP contribution >= 0.6 is 24.0 Å². The topological polar surface area (TPSA) is 76.4 Å². The summed E-state index contributed by atoms with van der Waals surface area (Å²) in [5.41, 5.74) is 0. The van der Waals surface area contributed by atoms with Crippen molar-refractivity contribution in [3.63, 3.8) is 0 Å². The summed E-state index contributed by atoms with van der Waals surface area (Å²) in [5, 5.41) is 15.0. The second kappa shape index (κ2) is 11.7. The van der Waals surface area contributed by atoms with Crippen LogP contribution in [0.4, 0.5) is 0 Å². The summed E-state index contributed by atoms with van der Waals surface area (Å²) in [6, 6.07) is 0.363. The molecule has 0 aromatic carbocycles. The van der Waals surface area contributed by atoms with E-state index >= 15 is 0 Å². The summed E-state index contributed by atoms with van der Waals surface area (Å²) < 4.78 is 7.75. The Labute approximate surface area is 168 Å². The van der Waals surface area contributed by atoms with Gasteiger partial charge in [0.05, 0.1) is 12.6 Å². The lowest BCUT2D eigenvalue weighted by Gasteiger charge is -2.21. The van der Waals surface area contributed by atoms with E-state index in [1.165, 1.54) is 0 Å². The fourth-order valence-corrected chi connectivity index (χ4v) is 2.55. The zero-order chi connectivity index (χ0) is 17.4. The second-order valence-corrected chi connectivity index (χ2v) is 6.72. The molecule has 1 aromatic rings. The summed E-state index contributed by atoms with van der Waals surface area (Å²) in [6.45, 7) is 11.9. The van der Waals surface area contributed by atoms with E-state index in [9.17, 15) is 0 Å². The van der Waals surface area contributed by atoms with Gasteiger partial charge in [0.1, 0.15) is 12.2 Å². The van der Waals surface area contributed by atoms with E-state index < -0.39 is 0 Å². The average Bonchev–Trinajstić information content (AvgIpc) is 3.23. The van der Waals surface area contributed by atoms with Crippen LogP contribution in [0.5, 0.6) is 0 Å². The summed E-state index contributed by atoms with van der Waals surface area (Å²) in [5.74, 6) is 2.42. The lowest BCUT2D eigenvalue weighted by atomic mass is 10.1. The minimum Gasteiger partial charge on any atom is -0.376 e. The van der Waals surface area contributed by atoms with Gasteiger partial charge >= 0.3 is 0 Å². The van der Waals surface area contributed by atoms with Gasteiger partial charge < -0.3 is 19.9 Å². The highest BCUT2D eigenvalue weighted by Crippen LogP contribution is 2.11. The summed E-state index contributed by atoms with van der Waals surface area (Å²) >= 11 is 0. The van der Waals surface area contributed by atoms with Gasteiger partial charge in [0.25, 0.3) is 0 Å². The Hall–Kier alpha value is -0.900. The van der Waals surface area contributed by atoms with Gasteiger partial charge in [-0.05, 0) is 25.7 Å². The van der Waals surface area contributed by atoms with Crippen LogP contribution in [0.2, 0.25) is 0 Å². The molecule has 1 aromatic heterocycles. The van der Waals surface area contributed by atoms with Crippen LogP contribution in [-0.4, -0.2) is 52.6 Å². The van der Waals surface area contributed by atoms with Crippen LogP contribution in [0, 0.1) is 5.92 Å². The molecule has 1 saturated heterocycles. The Morgan fingerprint density at radius 3 is 2.88 bits per heavy atom. The molecule has 1 aliphatic rings. The molecule has 25 heavy (non-hydrogen) atoms. The molecule has 0 spiro atoms. The monoisotopic (exact) mass is 464 g/mol. The van der Waals surface area contributed by atoms with E-state index in [1.807, 2.05) is 0 Å². The fraction of sp³-hybridized carbons (Fsp3) is 0.824. The second-order valence-electron chi connectivity index (χ2n) is 6.72. The highest BCUT2D eigenvalue weighted by atomic mass is 127. The van der Waals surface area contributed by atoms with Gasteiger partial charge in [-0.2, -0.15) is 0 Å². The molecule has 2 atom stereocenters. The zero-order valence-corrected chi connectivity index (χ0v) is 18.2. The van der Waals surface area contributed by atoms with Crippen molar-refractivity contribution in [2.24, 2.45) is 10.9 Å². The molecule has 0 radical (unpaired) electrons. The summed E-state index contributed by atoms with van der Waals surface area (Å²) in [4.78, 5) is 4.72. The maximum absolute atomic E-state index is 5.67. The Bertz CT molecular complexity index is 513. The normalized spacial score (nSPS) is 18.9. The van der Waals surface area contributed by atoms with E-state index in [-0.39, 0.29) is 30.1 Å². The van der Waals surface area contributed by atoms with E-state index in [0.717, 1.165) is 50.7 Å². The van der Waals surface area contributed by atoms with Crippen LogP contribution in [0.1, 0.15) is 46.4 Å². The number of nitrogens with one attached hydrogen (secondary N) is 2. The van der Waals surface area contributed by atoms with Crippen molar-refractivity contribution in [3.8, 4) is 0 Å². The van der Waals surface area contributed by atoms with Crippen molar-refractivity contribution in [1.82, 2.24) is 25.4 Å². The molecule has 0 aliphatic carbocycles. The third-order valence-electron chi connectivity index (χ3n) is 4.50. The smallest absolute Gasteiger partial charge is 0.191 e. The minimum atomic E-state index is 0. The number of aryl methyl sites for hydroxylation is 1. The van der Waals surface area contributed by atoms with Crippen molar-refractivity contribution < 1.29 is 4.74 Å². The Balaban J connectivity index is 0.00000312. The first-order valence-electron chi connectivity index (χ1n) is 9.13. The fourth-order valence-electron chi connectivity index (χ4n) is 2.55. The van der Waals surface area contributed by atoms with Crippen LogP contribution in [0.3, 0.4) is 0 Å². The molecular weight excluding hydrogens is 431 g/mol. The van der Waals surface area contributed by atoms with Crippen molar-refractivity contribution in [2.75, 3.05) is 19.7 Å². The van der Waals surface area contributed by atoms with Crippen LogP contribution in [0.15, 0.2) is 11.3 Å². The van der Waals surface area contributed by atoms with Crippen molar-refractivity contribution >= 4 is 29.9 Å². The van der Waals surface area contributed by atoms with Crippen molar-refractivity contribution in [3.05, 3.63) is 12.2 Å². The highest BCUT2D eigenvalue weighted by molar-refractivity contribution is 14.0. The molecule has 2 N–H and O–H groups in total. The van der Waals surface area contributed by atoms with Gasteiger partial charge in [0.2, 0.25) is 0 Å². The lowest BCUT2D eigenvalue weighted by molar-refractivity contribution is 0.117. The summed E-state index contributed by atoms with van der Waals surface area (Å²) in [6.07, 6.45) is 5.20. The third-order valence-corrected chi connectivity index (χ3v) is 4.50. The molecule has 1 fully saturated rings. The Kier molecular flexibility index (Phi) is 10.3. The Morgan fingerprint density at radius 1 is 1.44 bits per heavy atom. The van der Waals surface area contributed by atoms with Crippen LogP contribution in [0.25, 0.3) is 0 Å². The zero-order valence-electron chi connectivity index (χ0n) is 15.9. The molecule has 0 amide bonds. The molecule has 1 aliphatic heterocycles. The van der Waals surface area contributed by atoms with Crippen molar-refractivity contribution in [2.45, 2.75) is 65.6 Å². The highest BCUT2D eigenvalue weighted by Gasteiger charge is 2.16. The largest absolute Gasteiger partial charge is 0.376 e. The van der Waals surface area contributed by atoms with Crippen LogP contribution < -0.4 is 10.6 Å². The van der Waals surface area contributed by atoms with Gasteiger partial charge in [-0.25, -0.2) is 0 Å². The first kappa shape index (κ1) is 22.1. The first-order valence-corrected chi connectivity index (χ1v) is 9.13. The van der Waals surface area contributed by atoms with E-state index in [4.69, 9.17) is 9.73 Å². The summed E-state index contributed by atoms with van der Waals surface area (Å²) in [7, 11) is 0. The molecule has 2 unspecified atom stereocenters. The molecule has 0 saturated carbocycles. The van der Waals surface area contributed by atoms with E-state index in [1.54, 1.807) is 6.33 Å². The SMILES string of the molecule is CCc1nncn1CCNC(=NCC1CCCO1)NC(C)C(C)C.I. The number of ether oxygens (including phenoxy) is 1. The lowest BCUT2D eigenvalue weighted by Crippen LogP contribution is -2.45. The third kappa shape index (κ3) is 7.47. The molecule has 144 valence electrons. The van der Waals surface area contributed by atoms with E-state index in [0.29, 0.717) is 18.5 Å². The van der Waals surface area contributed by atoms with Crippen LogP contribution in [-0.2, 0) is 17.7 Å². The quantitative estimate of drug-likeness (QED) is 0.351. The van der Waals surface area contributed by atoms with E-state index in [2.05, 4.69) is 53.1 Å². The predicted molar refractivity (Wildman–Crippen MR) is 112 cm³/mol. The van der Waals surface area contributed by atoms with Gasteiger partial charge in [0.15, 0.2) is 5.96 Å². The number of hydrogen-bond donors (Lipinski definition) is 2. The number of nitrogens with zero attached hydrogens (tertiary/aromatic N) is 4. The van der Waals surface area contributed by atoms with Gasteiger partial charge in [-0.15, -0.1) is 34.2 Å². The molecule has 0 bridgehead atoms. The minimum absolute atomic E-state index is 0. The van der Waals surface area contributed by atoms with Crippen molar-refractivity contribution in [1.29, 1.82) is 0 Å². The van der Waals surface area contributed by atoms with Gasteiger partial charge in [-0.3, -0.25) is 4.99 Å². The molecular formula is C17H33IN6O. The molecule has 7 nitrogen and oxygen atoms in total. The average molecular weight is 464 g/mol. The first-order chi connectivity index (χ1) is 11.6. The predicted octanol–water partition coefficient (Wildman–Crippen LogP) is 2.22. The number of hydrogen-bond acceptors (Lipinski definition) is 4. The molecule has 8 heteroatoms. The Morgan fingerprint density at radius 2 is 2.24 bits per heavy atom. The number of rotatable bonds is 8. The standard InChI is InChI=1S/C17H32N6O.HI/c1-5-16-22-20-12-23(16)9-8-18-17(21-14(4)13(2)3)19-11-15-7-6-10-24-15;/h12-15H,5-11H2,1-4H3,(H2,18,19,21);1H.